The van der Waals surface area contributed by atoms with Crippen molar-refractivity contribution in [2.75, 3.05) is 7.11 Å². The molecule has 3 aromatic carbocycles. The summed E-state index contributed by atoms with van der Waals surface area (Å²) in [7, 11) is 1.19. The van der Waals surface area contributed by atoms with Crippen molar-refractivity contribution in [3.8, 4) is 5.75 Å². The number of methoxy groups -OCH3 is 1. The van der Waals surface area contributed by atoms with Crippen molar-refractivity contribution < 1.29 is 27.8 Å². The van der Waals surface area contributed by atoms with E-state index >= 15 is 0 Å². The zero-order chi connectivity index (χ0) is 22.2. The van der Waals surface area contributed by atoms with Crippen molar-refractivity contribution in [2.45, 2.75) is 19.1 Å². The molecule has 0 radical (unpaired) electrons. The Balaban J connectivity index is 1.65. The van der Waals surface area contributed by atoms with E-state index < -0.39 is 35.1 Å². The molecule has 1 amide bonds. The molecule has 3 aromatic rings. The van der Waals surface area contributed by atoms with E-state index in [4.69, 9.17) is 9.47 Å². The summed E-state index contributed by atoms with van der Waals surface area (Å²) in [6.45, 7) is 0.417. The molecular formula is C24H21F2NO4. The number of nitrogens with one attached hydrogen (secondary N) is 1. The zero-order valence-electron chi connectivity index (χ0n) is 16.8. The highest BCUT2D eigenvalue weighted by molar-refractivity contribution is 5.97. The largest absolute Gasteiger partial charge is 0.489 e. The summed E-state index contributed by atoms with van der Waals surface area (Å²) < 4.78 is 37.8. The number of ether oxygens (including phenoxy) is 2. The Morgan fingerprint density at radius 3 is 2.29 bits per heavy atom. The first-order valence-electron chi connectivity index (χ1n) is 9.56. The Labute approximate surface area is 178 Å². The van der Waals surface area contributed by atoms with E-state index in [9.17, 15) is 18.4 Å². The topological polar surface area (TPSA) is 64.6 Å². The molecule has 0 fully saturated rings. The first kappa shape index (κ1) is 22.0. The fraction of sp³-hybridized carbons (Fsp3) is 0.167. The third-order valence-electron chi connectivity index (χ3n) is 4.60. The maximum Gasteiger partial charge on any atom is 0.328 e. The van der Waals surface area contributed by atoms with E-state index in [0.717, 1.165) is 23.3 Å². The first-order valence-corrected chi connectivity index (χ1v) is 9.56. The lowest BCUT2D eigenvalue weighted by atomic mass is 10.0. The molecule has 1 N–H and O–H groups in total. The van der Waals surface area contributed by atoms with Gasteiger partial charge in [0.15, 0.2) is 11.6 Å². The lowest BCUT2D eigenvalue weighted by Gasteiger charge is -2.17. The number of rotatable bonds is 8. The number of esters is 1. The minimum atomic E-state index is -1.27. The number of hydrogen-bond acceptors (Lipinski definition) is 4. The first-order chi connectivity index (χ1) is 15.0. The van der Waals surface area contributed by atoms with E-state index in [0.29, 0.717) is 12.4 Å². The van der Waals surface area contributed by atoms with Crippen molar-refractivity contribution in [2.24, 2.45) is 0 Å². The monoisotopic (exact) mass is 425 g/mol. The summed E-state index contributed by atoms with van der Waals surface area (Å²) in [6.07, 6.45) is 0.105. The average molecular weight is 425 g/mol. The summed E-state index contributed by atoms with van der Waals surface area (Å²) in [4.78, 5) is 24.5. The van der Waals surface area contributed by atoms with Crippen LogP contribution in [0.25, 0.3) is 0 Å². The van der Waals surface area contributed by atoms with Gasteiger partial charge in [-0.1, -0.05) is 48.5 Å². The van der Waals surface area contributed by atoms with Gasteiger partial charge < -0.3 is 14.8 Å². The second-order valence-corrected chi connectivity index (χ2v) is 6.77. The molecule has 0 saturated heterocycles. The fourth-order valence-corrected chi connectivity index (χ4v) is 2.95. The fourth-order valence-electron chi connectivity index (χ4n) is 2.95. The van der Waals surface area contributed by atoms with E-state index in [1.165, 1.54) is 13.2 Å². The zero-order valence-corrected chi connectivity index (χ0v) is 16.8. The third-order valence-corrected chi connectivity index (χ3v) is 4.60. The highest BCUT2D eigenvalue weighted by atomic mass is 19.2. The van der Waals surface area contributed by atoms with Gasteiger partial charge in [0, 0.05) is 6.42 Å². The van der Waals surface area contributed by atoms with Crippen molar-refractivity contribution in [1.29, 1.82) is 0 Å². The molecular weight excluding hydrogens is 404 g/mol. The molecule has 0 bridgehead atoms. The van der Waals surface area contributed by atoms with Crippen LogP contribution in [0.2, 0.25) is 0 Å². The second-order valence-electron chi connectivity index (χ2n) is 6.77. The Hall–Kier alpha value is -3.74. The van der Waals surface area contributed by atoms with Gasteiger partial charge >= 0.3 is 5.97 Å². The molecule has 0 aromatic heterocycles. The van der Waals surface area contributed by atoms with Crippen LogP contribution in [0.5, 0.6) is 5.75 Å². The van der Waals surface area contributed by atoms with Gasteiger partial charge in [0.25, 0.3) is 5.91 Å². The molecule has 160 valence electrons. The highest BCUT2D eigenvalue weighted by Crippen LogP contribution is 2.16. The Morgan fingerprint density at radius 2 is 1.61 bits per heavy atom. The van der Waals surface area contributed by atoms with Crippen molar-refractivity contribution in [3.05, 3.63) is 101 Å². The molecule has 0 aliphatic rings. The number of benzene rings is 3. The van der Waals surface area contributed by atoms with Gasteiger partial charge in [0.05, 0.1) is 12.7 Å². The van der Waals surface area contributed by atoms with Crippen LogP contribution >= 0.6 is 0 Å². The van der Waals surface area contributed by atoms with Crippen LogP contribution in [-0.2, 0) is 22.6 Å². The maximum atomic E-state index is 13.9. The highest BCUT2D eigenvalue weighted by Gasteiger charge is 2.24. The van der Waals surface area contributed by atoms with Crippen molar-refractivity contribution >= 4 is 11.9 Å². The van der Waals surface area contributed by atoms with Gasteiger partial charge in [-0.3, -0.25) is 4.79 Å². The standard InChI is InChI=1S/C24H21F2NO4/c1-30-24(29)21(27-23(28)19-8-5-9-20(25)22(19)26)14-16-10-12-18(13-11-16)31-15-17-6-3-2-4-7-17/h2-13,21H,14-15H2,1H3,(H,27,28)/t21-/m1/s1. The van der Waals surface area contributed by atoms with Gasteiger partial charge in [-0.05, 0) is 35.4 Å². The van der Waals surface area contributed by atoms with Crippen molar-refractivity contribution in [3.63, 3.8) is 0 Å². The van der Waals surface area contributed by atoms with Crippen LogP contribution in [-0.4, -0.2) is 25.0 Å². The molecule has 0 aliphatic carbocycles. The van der Waals surface area contributed by atoms with Crippen LogP contribution in [0.15, 0.2) is 72.8 Å². The Morgan fingerprint density at radius 1 is 0.903 bits per heavy atom. The van der Waals surface area contributed by atoms with Gasteiger partial charge in [-0.15, -0.1) is 0 Å². The van der Waals surface area contributed by atoms with E-state index in [1.807, 2.05) is 30.3 Å². The predicted octanol–water partition coefficient (Wildman–Crippen LogP) is 4.06. The van der Waals surface area contributed by atoms with Crippen molar-refractivity contribution in [1.82, 2.24) is 5.32 Å². The molecule has 0 saturated carbocycles. The third kappa shape index (κ3) is 5.88. The Kier molecular flexibility index (Phi) is 7.32. The summed E-state index contributed by atoms with van der Waals surface area (Å²) in [5.74, 6) is -3.38. The molecule has 0 unspecified atom stereocenters. The Bertz CT molecular complexity index is 1040. The van der Waals surface area contributed by atoms with Crippen LogP contribution in [0.1, 0.15) is 21.5 Å². The van der Waals surface area contributed by atoms with E-state index in [1.54, 1.807) is 24.3 Å². The molecule has 1 atom stereocenters. The quantitative estimate of drug-likeness (QED) is 0.553. The minimum Gasteiger partial charge on any atom is -0.489 e. The molecule has 7 heteroatoms. The normalized spacial score (nSPS) is 11.5. The molecule has 0 heterocycles. The van der Waals surface area contributed by atoms with E-state index in [-0.39, 0.29) is 6.42 Å². The van der Waals surface area contributed by atoms with Gasteiger partial charge in [-0.2, -0.15) is 0 Å². The maximum absolute atomic E-state index is 13.9. The lowest BCUT2D eigenvalue weighted by Crippen LogP contribution is -2.43. The number of hydrogen-bond donors (Lipinski definition) is 1. The minimum absolute atomic E-state index is 0.105. The van der Waals surface area contributed by atoms with Crippen LogP contribution in [0, 0.1) is 11.6 Å². The van der Waals surface area contributed by atoms with Gasteiger partial charge in [0.2, 0.25) is 0 Å². The number of amides is 1. The summed E-state index contributed by atoms with van der Waals surface area (Å²) in [6, 6.07) is 18.9. The van der Waals surface area contributed by atoms with Gasteiger partial charge in [-0.25, -0.2) is 13.6 Å². The summed E-state index contributed by atoms with van der Waals surface area (Å²) >= 11 is 0. The van der Waals surface area contributed by atoms with E-state index in [2.05, 4.69) is 5.32 Å². The molecule has 0 aliphatic heterocycles. The van der Waals surface area contributed by atoms with Crippen LogP contribution < -0.4 is 10.1 Å². The summed E-state index contributed by atoms with van der Waals surface area (Å²) in [5, 5.41) is 2.41. The predicted molar refractivity (Wildman–Crippen MR) is 111 cm³/mol. The number of halogens is 2. The molecule has 5 nitrogen and oxygen atoms in total. The second kappa shape index (κ2) is 10.3. The molecule has 3 rings (SSSR count). The molecule has 31 heavy (non-hydrogen) atoms. The SMILES string of the molecule is COC(=O)[C@@H](Cc1ccc(OCc2ccccc2)cc1)NC(=O)c1cccc(F)c1F. The van der Waals surface area contributed by atoms with Crippen LogP contribution in [0.3, 0.4) is 0 Å². The van der Waals surface area contributed by atoms with Gasteiger partial charge in [0.1, 0.15) is 18.4 Å². The number of carbonyl (C=O) groups is 2. The summed E-state index contributed by atoms with van der Waals surface area (Å²) in [5.41, 5.74) is 1.27. The average Bonchev–Trinajstić information content (AvgIpc) is 2.80. The number of carbonyl (C=O) groups excluding carboxylic acids is 2. The lowest BCUT2D eigenvalue weighted by molar-refractivity contribution is -0.142. The smallest absolute Gasteiger partial charge is 0.328 e. The van der Waals surface area contributed by atoms with Crippen LogP contribution in [0.4, 0.5) is 8.78 Å². The molecule has 0 spiro atoms.